The maximum absolute atomic E-state index is 11.6. The monoisotopic (exact) mass is 226 g/mol. The zero-order valence-corrected chi connectivity index (χ0v) is 9.73. The molecule has 1 heterocycles. The number of nitrogens with one attached hydrogen (secondary N) is 1. The normalized spacial score (nSPS) is 10.1. The van der Waals surface area contributed by atoms with Crippen molar-refractivity contribution in [2.24, 2.45) is 0 Å². The summed E-state index contributed by atoms with van der Waals surface area (Å²) in [6.45, 7) is 2.64. The van der Waals surface area contributed by atoms with Gasteiger partial charge in [-0.3, -0.25) is 4.79 Å². The number of amides is 1. The lowest BCUT2D eigenvalue weighted by molar-refractivity contribution is -0.121. The minimum Gasteiger partial charge on any atom is -0.344 e. The van der Waals surface area contributed by atoms with Gasteiger partial charge in [-0.05, 0) is 24.6 Å². The van der Waals surface area contributed by atoms with Crippen LogP contribution in [0.25, 0.3) is 10.9 Å². The molecule has 0 bridgehead atoms. The number of aryl methyl sites for hydroxylation is 1. The van der Waals surface area contributed by atoms with Crippen molar-refractivity contribution in [1.82, 2.24) is 9.88 Å². The predicted octanol–water partition coefficient (Wildman–Crippen LogP) is 1.70. The molecule has 2 rings (SSSR count). The van der Waals surface area contributed by atoms with E-state index >= 15 is 0 Å². The molecule has 0 radical (unpaired) electrons. The van der Waals surface area contributed by atoms with E-state index in [4.69, 9.17) is 6.42 Å². The fraction of sp³-hybridized carbons (Fsp3) is 0.214. The van der Waals surface area contributed by atoms with Crippen LogP contribution >= 0.6 is 0 Å². The molecule has 3 heteroatoms. The van der Waals surface area contributed by atoms with E-state index < -0.39 is 0 Å². The smallest absolute Gasteiger partial charge is 0.240 e. The van der Waals surface area contributed by atoms with Crippen molar-refractivity contribution in [3.8, 4) is 12.3 Å². The predicted molar refractivity (Wildman–Crippen MR) is 68.5 cm³/mol. The molecule has 2 aromatic rings. The Morgan fingerprint density at radius 1 is 1.47 bits per heavy atom. The molecule has 86 valence electrons. The molecule has 1 N–H and O–H groups in total. The van der Waals surface area contributed by atoms with Crippen molar-refractivity contribution in [3.63, 3.8) is 0 Å². The Morgan fingerprint density at radius 3 is 3.06 bits per heavy atom. The Labute approximate surface area is 100 Å². The maximum atomic E-state index is 11.6. The number of rotatable bonds is 3. The molecular weight excluding hydrogens is 212 g/mol. The number of carbonyl (C=O) groups is 1. The van der Waals surface area contributed by atoms with E-state index in [0.29, 0.717) is 6.54 Å². The van der Waals surface area contributed by atoms with Gasteiger partial charge in [0.05, 0.1) is 6.54 Å². The molecule has 1 aromatic carbocycles. The van der Waals surface area contributed by atoms with Crippen LogP contribution in [-0.2, 0) is 11.3 Å². The minimum absolute atomic E-state index is 0.0676. The first-order chi connectivity index (χ1) is 8.22. The summed E-state index contributed by atoms with van der Waals surface area (Å²) in [4.78, 5) is 11.6. The van der Waals surface area contributed by atoms with Crippen LogP contribution in [0.2, 0.25) is 0 Å². The highest BCUT2D eigenvalue weighted by Gasteiger charge is 2.06. The number of aromatic nitrogens is 1. The van der Waals surface area contributed by atoms with Gasteiger partial charge < -0.3 is 9.88 Å². The Morgan fingerprint density at radius 2 is 2.29 bits per heavy atom. The number of hydrogen-bond acceptors (Lipinski definition) is 1. The molecule has 3 nitrogen and oxygen atoms in total. The molecule has 17 heavy (non-hydrogen) atoms. The van der Waals surface area contributed by atoms with Gasteiger partial charge in [0.15, 0.2) is 0 Å². The highest BCUT2D eigenvalue weighted by atomic mass is 16.1. The van der Waals surface area contributed by atoms with Crippen LogP contribution in [0, 0.1) is 19.3 Å². The van der Waals surface area contributed by atoms with E-state index in [-0.39, 0.29) is 12.5 Å². The Bertz CT molecular complexity index is 590. The van der Waals surface area contributed by atoms with Gasteiger partial charge in [0.2, 0.25) is 5.91 Å². The average Bonchev–Trinajstić information content (AvgIpc) is 2.71. The van der Waals surface area contributed by atoms with Crippen molar-refractivity contribution < 1.29 is 4.79 Å². The van der Waals surface area contributed by atoms with Crippen LogP contribution < -0.4 is 5.32 Å². The fourth-order valence-corrected chi connectivity index (χ4v) is 1.88. The summed E-state index contributed by atoms with van der Waals surface area (Å²) >= 11 is 0. The van der Waals surface area contributed by atoms with E-state index in [1.54, 1.807) is 0 Å². The maximum Gasteiger partial charge on any atom is 0.240 e. The molecular formula is C14H14N2O. The molecule has 0 aliphatic carbocycles. The number of benzene rings is 1. The summed E-state index contributed by atoms with van der Waals surface area (Å²) in [6, 6.07) is 8.09. The zero-order valence-electron chi connectivity index (χ0n) is 9.73. The van der Waals surface area contributed by atoms with Crippen LogP contribution in [0.1, 0.15) is 5.56 Å². The molecule has 0 fully saturated rings. The third kappa shape index (κ3) is 2.31. The van der Waals surface area contributed by atoms with Crippen molar-refractivity contribution in [3.05, 3.63) is 36.0 Å². The lowest BCUT2D eigenvalue weighted by Crippen LogP contribution is -2.27. The SMILES string of the molecule is C#CCNC(=O)Cn1ccc2c(C)cccc21. The Hall–Kier alpha value is -2.21. The van der Waals surface area contributed by atoms with Gasteiger partial charge in [-0.15, -0.1) is 6.42 Å². The van der Waals surface area contributed by atoms with Gasteiger partial charge in [0, 0.05) is 17.1 Å². The molecule has 0 aliphatic rings. The van der Waals surface area contributed by atoms with Crippen LogP contribution in [0.5, 0.6) is 0 Å². The highest BCUT2D eigenvalue weighted by molar-refractivity contribution is 5.85. The van der Waals surface area contributed by atoms with E-state index in [1.165, 1.54) is 10.9 Å². The van der Waals surface area contributed by atoms with Crippen LogP contribution in [-0.4, -0.2) is 17.0 Å². The Balaban J connectivity index is 2.23. The molecule has 0 spiro atoms. The van der Waals surface area contributed by atoms with Gasteiger partial charge in [0.1, 0.15) is 6.54 Å². The molecule has 1 aromatic heterocycles. The van der Waals surface area contributed by atoms with Gasteiger partial charge in [0.25, 0.3) is 0 Å². The fourth-order valence-electron chi connectivity index (χ4n) is 1.88. The van der Waals surface area contributed by atoms with E-state index in [2.05, 4.69) is 24.2 Å². The summed E-state index contributed by atoms with van der Waals surface area (Å²) in [6.07, 6.45) is 7.01. The molecule has 0 atom stereocenters. The number of terminal acetylenes is 1. The van der Waals surface area contributed by atoms with Crippen molar-refractivity contribution in [1.29, 1.82) is 0 Å². The second-order valence-electron chi connectivity index (χ2n) is 3.93. The van der Waals surface area contributed by atoms with Crippen LogP contribution in [0.4, 0.5) is 0 Å². The summed E-state index contributed by atoms with van der Waals surface area (Å²) in [5, 5.41) is 3.83. The van der Waals surface area contributed by atoms with E-state index in [9.17, 15) is 4.79 Å². The van der Waals surface area contributed by atoms with Gasteiger partial charge >= 0.3 is 0 Å². The number of carbonyl (C=O) groups excluding carboxylic acids is 1. The second-order valence-corrected chi connectivity index (χ2v) is 3.93. The van der Waals surface area contributed by atoms with E-state index in [1.807, 2.05) is 29.0 Å². The van der Waals surface area contributed by atoms with Crippen molar-refractivity contribution in [2.45, 2.75) is 13.5 Å². The molecule has 0 unspecified atom stereocenters. The molecule has 0 saturated heterocycles. The second kappa shape index (κ2) is 4.75. The first-order valence-electron chi connectivity index (χ1n) is 5.47. The molecule has 0 aliphatic heterocycles. The highest BCUT2D eigenvalue weighted by Crippen LogP contribution is 2.19. The van der Waals surface area contributed by atoms with Gasteiger partial charge in [-0.1, -0.05) is 18.1 Å². The third-order valence-electron chi connectivity index (χ3n) is 2.73. The standard InChI is InChI=1S/C14H14N2O/c1-3-8-15-14(17)10-16-9-7-12-11(2)5-4-6-13(12)16/h1,4-7,9H,8,10H2,2H3,(H,15,17). The average molecular weight is 226 g/mol. The summed E-state index contributed by atoms with van der Waals surface area (Å²) in [5.74, 6) is 2.32. The first-order valence-corrected chi connectivity index (χ1v) is 5.47. The number of hydrogen-bond donors (Lipinski definition) is 1. The lowest BCUT2D eigenvalue weighted by Gasteiger charge is -2.05. The Kier molecular flexibility index (Phi) is 3.15. The summed E-state index contributed by atoms with van der Waals surface area (Å²) in [5.41, 5.74) is 2.28. The first kappa shape index (κ1) is 11.3. The van der Waals surface area contributed by atoms with Gasteiger partial charge in [-0.25, -0.2) is 0 Å². The topological polar surface area (TPSA) is 34.0 Å². The number of nitrogens with zero attached hydrogens (tertiary/aromatic N) is 1. The van der Waals surface area contributed by atoms with Crippen LogP contribution in [0.15, 0.2) is 30.5 Å². The summed E-state index contributed by atoms with van der Waals surface area (Å²) in [7, 11) is 0. The third-order valence-corrected chi connectivity index (χ3v) is 2.73. The van der Waals surface area contributed by atoms with Crippen LogP contribution in [0.3, 0.4) is 0 Å². The number of fused-ring (bicyclic) bond motifs is 1. The zero-order chi connectivity index (χ0) is 12.3. The lowest BCUT2D eigenvalue weighted by atomic mass is 10.1. The van der Waals surface area contributed by atoms with Crippen molar-refractivity contribution >= 4 is 16.8 Å². The van der Waals surface area contributed by atoms with Gasteiger partial charge in [-0.2, -0.15) is 0 Å². The molecule has 0 saturated carbocycles. The van der Waals surface area contributed by atoms with Crippen molar-refractivity contribution in [2.75, 3.05) is 6.54 Å². The molecule has 1 amide bonds. The quantitative estimate of drug-likeness (QED) is 0.794. The largest absolute Gasteiger partial charge is 0.344 e. The van der Waals surface area contributed by atoms with E-state index in [0.717, 1.165) is 5.52 Å². The minimum atomic E-state index is -0.0676. The summed E-state index contributed by atoms with van der Waals surface area (Å²) < 4.78 is 1.92.